The molecule has 0 saturated heterocycles. The fourth-order valence-electron chi connectivity index (χ4n) is 6.10. The summed E-state index contributed by atoms with van der Waals surface area (Å²) >= 11 is 0. The van der Waals surface area contributed by atoms with E-state index in [2.05, 4.69) is 6.08 Å². The second-order valence-corrected chi connectivity index (χ2v) is 15.6. The molecule has 2 heterocycles. The van der Waals surface area contributed by atoms with Gasteiger partial charge in [0, 0.05) is 46.5 Å². The first-order valence-corrected chi connectivity index (χ1v) is 19.1. The lowest BCUT2D eigenvalue weighted by molar-refractivity contribution is 0.153. The summed E-state index contributed by atoms with van der Waals surface area (Å²) in [4.78, 5) is 0. The summed E-state index contributed by atoms with van der Waals surface area (Å²) in [6, 6.07) is 14.2. The van der Waals surface area contributed by atoms with E-state index in [1.807, 2.05) is 110 Å². The third-order valence-electron chi connectivity index (χ3n) is 9.26. The van der Waals surface area contributed by atoms with Crippen molar-refractivity contribution in [3.63, 3.8) is 0 Å². The number of methoxy groups -OCH3 is 4. The molecule has 4 aromatic rings. The first kappa shape index (κ1) is 43.0. The van der Waals surface area contributed by atoms with Gasteiger partial charge in [-0.05, 0) is 105 Å². The summed E-state index contributed by atoms with van der Waals surface area (Å²) in [6.45, 7) is 16.0. The van der Waals surface area contributed by atoms with E-state index in [0.29, 0.717) is 70.3 Å². The van der Waals surface area contributed by atoms with Gasteiger partial charge in [0.25, 0.3) is 0 Å². The Morgan fingerprint density at radius 3 is 1.45 bits per heavy atom. The number of hydrogen-bond acceptors (Lipinski definition) is 10. The molecule has 2 aliphatic heterocycles. The molecule has 0 aliphatic carbocycles. The Morgan fingerprint density at radius 2 is 0.966 bits per heavy atom. The Labute approximate surface area is 342 Å². The summed E-state index contributed by atoms with van der Waals surface area (Å²) < 4.78 is 46.2. The molecule has 308 valence electrons. The van der Waals surface area contributed by atoms with Gasteiger partial charge in [-0.2, -0.15) is 0 Å². The van der Waals surface area contributed by atoms with Crippen LogP contribution in [0, 0.1) is 0 Å². The SMILES string of the molecule is COc1cc(CC=C(C)C)c(O)c(Oc2cc(OC)cc3c2OC(C)(C)C=C3)c1.COc1cc(O)c(Oc2cc(OC)cc3c2OC(C)(C)C=C3)c(CC=C(C)C)c1. The van der Waals surface area contributed by atoms with Crippen molar-refractivity contribution >= 4 is 12.2 Å². The van der Waals surface area contributed by atoms with Crippen LogP contribution in [0.5, 0.6) is 69.0 Å². The van der Waals surface area contributed by atoms with Crippen LogP contribution in [0.15, 0.2) is 84.0 Å². The van der Waals surface area contributed by atoms with Crippen LogP contribution in [0.25, 0.3) is 12.2 Å². The van der Waals surface area contributed by atoms with Crippen molar-refractivity contribution < 1.29 is 48.1 Å². The lowest BCUT2D eigenvalue weighted by Crippen LogP contribution is -2.27. The number of allylic oxidation sites excluding steroid dienone is 4. The van der Waals surface area contributed by atoms with Gasteiger partial charge in [0.05, 0.1) is 28.4 Å². The molecule has 2 N–H and O–H groups in total. The average Bonchev–Trinajstić information content (AvgIpc) is 3.17. The van der Waals surface area contributed by atoms with E-state index in [9.17, 15) is 10.2 Å². The number of phenols is 2. The summed E-state index contributed by atoms with van der Waals surface area (Å²) in [6.07, 6.45) is 13.2. The molecule has 0 saturated carbocycles. The molecule has 6 rings (SSSR count). The predicted molar refractivity (Wildman–Crippen MR) is 229 cm³/mol. The van der Waals surface area contributed by atoms with E-state index in [0.717, 1.165) is 22.3 Å². The molecule has 0 unspecified atom stereocenters. The van der Waals surface area contributed by atoms with Crippen LogP contribution in [-0.4, -0.2) is 49.9 Å². The number of aromatic hydroxyl groups is 2. The van der Waals surface area contributed by atoms with Crippen LogP contribution in [0.2, 0.25) is 0 Å². The van der Waals surface area contributed by atoms with Crippen molar-refractivity contribution in [2.45, 2.75) is 79.4 Å². The largest absolute Gasteiger partial charge is 0.504 e. The molecule has 0 spiro atoms. The maximum atomic E-state index is 10.8. The molecular weight excluding hydrogens is 737 g/mol. The number of fused-ring (bicyclic) bond motifs is 2. The lowest BCUT2D eigenvalue weighted by Gasteiger charge is -2.29. The van der Waals surface area contributed by atoms with E-state index >= 15 is 0 Å². The van der Waals surface area contributed by atoms with Gasteiger partial charge in [0.1, 0.15) is 34.2 Å². The number of benzene rings is 4. The van der Waals surface area contributed by atoms with E-state index in [4.69, 9.17) is 37.9 Å². The van der Waals surface area contributed by atoms with Crippen LogP contribution >= 0.6 is 0 Å². The smallest absolute Gasteiger partial charge is 0.173 e. The molecule has 4 aromatic carbocycles. The topological polar surface area (TPSA) is 114 Å². The monoisotopic (exact) mass is 792 g/mol. The van der Waals surface area contributed by atoms with Gasteiger partial charge in [-0.3, -0.25) is 0 Å². The maximum absolute atomic E-state index is 10.8. The van der Waals surface area contributed by atoms with E-state index < -0.39 is 11.2 Å². The minimum atomic E-state index is -0.468. The van der Waals surface area contributed by atoms with E-state index in [1.165, 1.54) is 11.1 Å². The minimum absolute atomic E-state index is 0.00341. The number of phenolic OH excluding ortho intramolecular Hbond substituents is 2. The quantitative estimate of drug-likeness (QED) is 0.134. The lowest BCUT2D eigenvalue weighted by atomic mass is 10.0. The number of hydrogen-bond donors (Lipinski definition) is 2. The zero-order valence-corrected chi connectivity index (χ0v) is 35.7. The van der Waals surface area contributed by atoms with Crippen molar-refractivity contribution in [1.82, 2.24) is 0 Å². The molecule has 0 atom stereocenters. The Hall–Kier alpha value is -6.16. The molecule has 0 amide bonds. The maximum Gasteiger partial charge on any atom is 0.173 e. The highest BCUT2D eigenvalue weighted by molar-refractivity contribution is 5.70. The standard InChI is InChI=1S/2C24H28O5/c1-15(2)7-8-16-11-18(26-5)13-20(22(16)25)28-21-14-19(27-6)12-17-9-10-24(3,4)29-23(17)21;1-15(2)7-8-16-11-18(26-5)13-20(25)22(16)28-21-14-19(27-6)12-17-9-10-24(3,4)29-23(17)21/h2*7,9-14,25H,8H2,1-6H3. The molecule has 0 bridgehead atoms. The summed E-state index contributed by atoms with van der Waals surface area (Å²) in [5.41, 5.74) is 4.65. The van der Waals surface area contributed by atoms with Gasteiger partial charge < -0.3 is 48.1 Å². The van der Waals surface area contributed by atoms with Gasteiger partial charge in [-0.1, -0.05) is 35.5 Å². The summed E-state index contributed by atoms with van der Waals surface area (Å²) in [5.74, 6) is 5.37. The first-order chi connectivity index (χ1) is 27.4. The zero-order valence-electron chi connectivity index (χ0n) is 35.7. The van der Waals surface area contributed by atoms with Crippen LogP contribution in [0.1, 0.15) is 77.6 Å². The Morgan fingerprint density at radius 1 is 0.552 bits per heavy atom. The Bertz CT molecular complexity index is 2250. The molecule has 0 radical (unpaired) electrons. The Kier molecular flexibility index (Phi) is 13.3. The summed E-state index contributed by atoms with van der Waals surface area (Å²) in [7, 11) is 6.36. The van der Waals surface area contributed by atoms with Crippen LogP contribution in [-0.2, 0) is 12.8 Å². The zero-order chi connectivity index (χ0) is 42.4. The number of rotatable bonds is 12. The van der Waals surface area contributed by atoms with Crippen LogP contribution in [0.4, 0.5) is 0 Å². The van der Waals surface area contributed by atoms with Crippen molar-refractivity contribution in [2.75, 3.05) is 28.4 Å². The van der Waals surface area contributed by atoms with Gasteiger partial charge >= 0.3 is 0 Å². The Balaban J connectivity index is 0.000000221. The molecular formula is C48H56O10. The van der Waals surface area contributed by atoms with Crippen molar-refractivity contribution in [1.29, 1.82) is 0 Å². The molecule has 0 fully saturated rings. The molecule has 10 heteroatoms. The van der Waals surface area contributed by atoms with Gasteiger partial charge in [-0.15, -0.1) is 0 Å². The normalized spacial score (nSPS) is 13.9. The number of ether oxygens (including phenoxy) is 8. The van der Waals surface area contributed by atoms with Crippen molar-refractivity contribution in [3.05, 3.63) is 106 Å². The van der Waals surface area contributed by atoms with Gasteiger partial charge in [-0.25, -0.2) is 0 Å². The molecule has 0 aromatic heterocycles. The molecule has 2 aliphatic rings. The van der Waals surface area contributed by atoms with E-state index in [1.54, 1.807) is 52.7 Å². The second kappa shape index (κ2) is 18.0. The van der Waals surface area contributed by atoms with Crippen molar-refractivity contribution in [2.24, 2.45) is 0 Å². The minimum Gasteiger partial charge on any atom is -0.504 e. The van der Waals surface area contributed by atoms with Crippen molar-refractivity contribution in [3.8, 4) is 69.0 Å². The van der Waals surface area contributed by atoms with Gasteiger partial charge in [0.2, 0.25) is 0 Å². The highest BCUT2D eigenvalue weighted by atomic mass is 16.5. The van der Waals surface area contributed by atoms with E-state index in [-0.39, 0.29) is 11.5 Å². The predicted octanol–water partition coefficient (Wildman–Crippen LogP) is 11.8. The second-order valence-electron chi connectivity index (χ2n) is 15.6. The van der Waals surface area contributed by atoms with Crippen LogP contribution in [0.3, 0.4) is 0 Å². The van der Waals surface area contributed by atoms with Gasteiger partial charge in [0.15, 0.2) is 46.0 Å². The highest BCUT2D eigenvalue weighted by Gasteiger charge is 2.28. The fourth-order valence-corrected chi connectivity index (χ4v) is 6.10. The fraction of sp³-hybridized carbons (Fsp3) is 0.333. The highest BCUT2D eigenvalue weighted by Crippen LogP contribution is 2.48. The molecule has 58 heavy (non-hydrogen) atoms. The average molecular weight is 793 g/mol. The first-order valence-electron chi connectivity index (χ1n) is 19.1. The van der Waals surface area contributed by atoms with Crippen LogP contribution < -0.4 is 37.9 Å². The third kappa shape index (κ3) is 10.6. The molecule has 10 nitrogen and oxygen atoms in total. The summed E-state index contributed by atoms with van der Waals surface area (Å²) in [5, 5.41) is 21.5. The third-order valence-corrected chi connectivity index (χ3v) is 9.26.